The number of nitrogen functional groups attached to an aromatic ring is 1. The van der Waals surface area contributed by atoms with E-state index in [2.05, 4.69) is 26.0 Å². The zero-order chi connectivity index (χ0) is 21.5. The van der Waals surface area contributed by atoms with Gasteiger partial charge < -0.3 is 15.9 Å². The van der Waals surface area contributed by atoms with E-state index in [9.17, 15) is 9.18 Å². The molecule has 1 heterocycles. The number of ether oxygens (including phenoxy) is 1. The number of thioether (sulfide) groups is 1. The molecule has 3 rings (SSSR count). The molecule has 1 aromatic heterocycles. The number of hydrogen-bond acceptors (Lipinski definition) is 8. The molecule has 0 spiro atoms. The van der Waals surface area contributed by atoms with Crippen LogP contribution in [0.2, 0.25) is 5.02 Å². The van der Waals surface area contributed by atoms with Crippen molar-refractivity contribution in [2.75, 3.05) is 29.4 Å². The number of nitrogens with zero attached hydrogens (tertiary/aromatic N) is 4. The highest BCUT2D eigenvalue weighted by Gasteiger charge is 2.13. The van der Waals surface area contributed by atoms with E-state index in [1.807, 2.05) is 0 Å². The van der Waals surface area contributed by atoms with Crippen molar-refractivity contribution in [3.63, 3.8) is 0 Å². The first-order valence-corrected chi connectivity index (χ1v) is 9.84. The van der Waals surface area contributed by atoms with Crippen molar-refractivity contribution in [2.45, 2.75) is 5.16 Å². The Balaban J connectivity index is 1.55. The van der Waals surface area contributed by atoms with Gasteiger partial charge in [-0.25, -0.2) is 14.5 Å². The van der Waals surface area contributed by atoms with Gasteiger partial charge in [-0.3, -0.25) is 4.79 Å². The van der Waals surface area contributed by atoms with Crippen molar-refractivity contribution in [1.29, 1.82) is 0 Å². The van der Waals surface area contributed by atoms with Crippen LogP contribution >= 0.6 is 23.4 Å². The number of anilines is 2. The predicted octanol–water partition coefficient (Wildman–Crippen LogP) is 2.97. The van der Waals surface area contributed by atoms with E-state index in [1.54, 1.807) is 30.3 Å². The van der Waals surface area contributed by atoms with Crippen LogP contribution in [0.1, 0.15) is 5.56 Å². The van der Waals surface area contributed by atoms with Crippen molar-refractivity contribution < 1.29 is 13.9 Å². The molecule has 1 amide bonds. The van der Waals surface area contributed by atoms with Gasteiger partial charge in [0.05, 0.1) is 24.8 Å². The summed E-state index contributed by atoms with van der Waals surface area (Å²) in [6, 6.07) is 10.7. The Morgan fingerprint density at radius 3 is 2.83 bits per heavy atom. The van der Waals surface area contributed by atoms with Gasteiger partial charge in [0.2, 0.25) is 11.1 Å². The van der Waals surface area contributed by atoms with Crippen molar-refractivity contribution in [3.8, 4) is 5.75 Å². The number of carbonyl (C=O) groups excluding carboxylic acids is 1. The molecule has 0 fully saturated rings. The quantitative estimate of drug-likeness (QED) is 0.209. The van der Waals surface area contributed by atoms with Crippen molar-refractivity contribution in [3.05, 3.63) is 58.9 Å². The van der Waals surface area contributed by atoms with Crippen LogP contribution in [0.4, 0.5) is 16.0 Å². The van der Waals surface area contributed by atoms with E-state index >= 15 is 0 Å². The fourth-order valence-electron chi connectivity index (χ4n) is 2.26. The summed E-state index contributed by atoms with van der Waals surface area (Å²) in [5.74, 6) is 5.99. The molecule has 4 N–H and O–H groups in total. The number of nitrogens with two attached hydrogens (primary N) is 1. The lowest BCUT2D eigenvalue weighted by Gasteiger charge is -2.10. The van der Waals surface area contributed by atoms with E-state index < -0.39 is 0 Å². The Kier molecular flexibility index (Phi) is 7.09. The highest BCUT2D eigenvalue weighted by atomic mass is 35.5. The fourth-order valence-corrected chi connectivity index (χ4v) is 3.09. The molecular weight excluding hydrogens is 433 g/mol. The van der Waals surface area contributed by atoms with Crippen molar-refractivity contribution >= 4 is 47.1 Å². The molecule has 0 aliphatic heterocycles. The van der Waals surface area contributed by atoms with E-state index in [0.717, 1.165) is 11.8 Å². The summed E-state index contributed by atoms with van der Waals surface area (Å²) in [5, 5.41) is 15.3. The van der Waals surface area contributed by atoms with Crippen molar-refractivity contribution in [2.24, 2.45) is 5.10 Å². The van der Waals surface area contributed by atoms with Gasteiger partial charge in [-0.2, -0.15) is 5.10 Å². The first kappa shape index (κ1) is 21.4. The minimum atomic E-state index is -0.332. The van der Waals surface area contributed by atoms with Crippen LogP contribution in [0.5, 0.6) is 5.75 Å². The van der Waals surface area contributed by atoms with Gasteiger partial charge in [0.1, 0.15) is 11.6 Å². The number of rotatable bonds is 8. The fraction of sp³-hybridized carbons (Fsp3) is 0.111. The number of halogens is 2. The largest absolute Gasteiger partial charge is 0.495 e. The van der Waals surface area contributed by atoms with E-state index in [-0.39, 0.29) is 23.4 Å². The summed E-state index contributed by atoms with van der Waals surface area (Å²) < 4.78 is 19.3. The van der Waals surface area contributed by atoms with Crippen molar-refractivity contribution in [1.82, 2.24) is 14.9 Å². The number of carbonyl (C=O) groups is 1. The van der Waals surface area contributed by atoms with Crippen LogP contribution in [0, 0.1) is 5.82 Å². The number of methoxy groups -OCH3 is 1. The zero-order valence-electron chi connectivity index (χ0n) is 15.7. The van der Waals surface area contributed by atoms with E-state index in [0.29, 0.717) is 27.2 Å². The van der Waals surface area contributed by atoms with Gasteiger partial charge in [-0.05, 0) is 35.9 Å². The monoisotopic (exact) mass is 449 g/mol. The Morgan fingerprint density at radius 1 is 1.33 bits per heavy atom. The molecule has 156 valence electrons. The molecule has 30 heavy (non-hydrogen) atoms. The summed E-state index contributed by atoms with van der Waals surface area (Å²) in [5.41, 5.74) is 3.79. The number of benzene rings is 2. The molecule has 0 aliphatic rings. The number of hydrogen-bond donors (Lipinski definition) is 3. The second-order valence-corrected chi connectivity index (χ2v) is 7.16. The van der Waals surface area contributed by atoms with Crippen LogP contribution in [0.25, 0.3) is 0 Å². The average Bonchev–Trinajstić information content (AvgIpc) is 3.08. The SMILES string of the molecule is COc1ccc(Cl)cc1NC(=O)CSc1nnc(N/N=C/c2ccc(F)cc2)n1N. The molecule has 0 saturated carbocycles. The first-order valence-electron chi connectivity index (χ1n) is 8.47. The van der Waals surface area contributed by atoms with Gasteiger partial charge in [0.15, 0.2) is 0 Å². The maximum absolute atomic E-state index is 12.9. The Labute approximate surface area is 180 Å². The van der Waals surface area contributed by atoms with E-state index in [4.69, 9.17) is 22.2 Å². The molecule has 9 nitrogen and oxygen atoms in total. The summed E-state index contributed by atoms with van der Waals surface area (Å²) in [6.45, 7) is 0. The topological polar surface area (TPSA) is 119 Å². The van der Waals surface area contributed by atoms with Crippen LogP contribution in [0.3, 0.4) is 0 Å². The van der Waals surface area contributed by atoms with Gasteiger partial charge in [0, 0.05) is 5.02 Å². The van der Waals surface area contributed by atoms with Crippen LogP contribution in [-0.2, 0) is 4.79 Å². The maximum atomic E-state index is 12.9. The zero-order valence-corrected chi connectivity index (χ0v) is 17.2. The highest BCUT2D eigenvalue weighted by molar-refractivity contribution is 7.99. The number of nitrogens with one attached hydrogen (secondary N) is 2. The minimum Gasteiger partial charge on any atom is -0.495 e. The molecule has 0 bridgehead atoms. The summed E-state index contributed by atoms with van der Waals surface area (Å²) >= 11 is 7.05. The number of amides is 1. The predicted molar refractivity (Wildman–Crippen MR) is 115 cm³/mol. The van der Waals surface area contributed by atoms with Crippen LogP contribution in [-0.4, -0.2) is 39.9 Å². The van der Waals surface area contributed by atoms with Gasteiger partial charge in [-0.15, -0.1) is 10.2 Å². The lowest BCUT2D eigenvalue weighted by molar-refractivity contribution is -0.113. The highest BCUT2D eigenvalue weighted by Crippen LogP contribution is 2.28. The standard InChI is InChI=1S/C18H17ClFN7O2S/c1-29-15-7-4-12(19)8-14(15)23-16(28)10-30-18-26-25-17(27(18)21)24-22-9-11-2-5-13(20)6-3-11/h2-9H,10,21H2,1H3,(H,23,28)(H,24,25)/b22-9+. The average molecular weight is 450 g/mol. The lowest BCUT2D eigenvalue weighted by Crippen LogP contribution is -2.17. The maximum Gasteiger partial charge on any atom is 0.264 e. The number of hydrazone groups is 1. The summed E-state index contributed by atoms with van der Waals surface area (Å²) in [7, 11) is 1.50. The van der Waals surface area contributed by atoms with Gasteiger partial charge >= 0.3 is 0 Å². The molecule has 12 heteroatoms. The van der Waals surface area contributed by atoms with E-state index in [1.165, 1.54) is 30.1 Å². The van der Waals surface area contributed by atoms with Gasteiger partial charge in [0.25, 0.3) is 5.95 Å². The first-order chi connectivity index (χ1) is 14.5. The summed E-state index contributed by atoms with van der Waals surface area (Å²) in [4.78, 5) is 12.2. The normalized spacial score (nSPS) is 10.9. The lowest BCUT2D eigenvalue weighted by atomic mass is 10.2. The molecule has 0 saturated heterocycles. The second-order valence-electron chi connectivity index (χ2n) is 5.78. The molecule has 3 aromatic rings. The summed E-state index contributed by atoms with van der Waals surface area (Å²) in [6.07, 6.45) is 1.48. The third-order valence-corrected chi connectivity index (χ3v) is 4.86. The molecule has 0 radical (unpaired) electrons. The van der Waals surface area contributed by atoms with Gasteiger partial charge in [-0.1, -0.05) is 35.5 Å². The molecular formula is C18H17ClFN7O2S. The third kappa shape index (κ3) is 5.61. The minimum absolute atomic E-state index is 0.0316. The van der Waals surface area contributed by atoms with Crippen LogP contribution < -0.4 is 21.3 Å². The molecule has 2 aromatic carbocycles. The Hall–Kier alpha value is -3.31. The third-order valence-electron chi connectivity index (χ3n) is 3.68. The Bertz CT molecular complexity index is 1060. The molecule has 0 aliphatic carbocycles. The molecule has 0 atom stereocenters. The molecule has 0 unspecified atom stereocenters. The Morgan fingerprint density at radius 2 is 2.10 bits per heavy atom. The number of aromatic nitrogens is 3. The van der Waals surface area contributed by atoms with Crippen LogP contribution in [0.15, 0.2) is 52.7 Å². The smallest absolute Gasteiger partial charge is 0.264 e. The second kappa shape index (κ2) is 9.94.